The number of carbonyl (C=O) groups excluding carboxylic acids is 2. The first-order valence-corrected chi connectivity index (χ1v) is 15.4. The average molecular weight is 608 g/mol. The Morgan fingerprint density at radius 2 is 1.50 bits per heavy atom. The third-order valence-corrected chi connectivity index (χ3v) is 8.89. The summed E-state index contributed by atoms with van der Waals surface area (Å²) in [6.45, 7) is 3.26. The largest absolute Gasteiger partial charge is 0.399 e. The lowest BCUT2D eigenvalue weighted by Crippen LogP contribution is -2.50. The summed E-state index contributed by atoms with van der Waals surface area (Å²) in [6.07, 6.45) is 4.67. The fraction of sp³-hybridized carbons (Fsp3) is 0.156. The number of piperazine rings is 1. The number of nitrogens with one attached hydrogen (secondary N) is 1. The predicted molar refractivity (Wildman–Crippen MR) is 167 cm³/mol. The zero-order chi connectivity index (χ0) is 30.8. The zero-order valence-electron chi connectivity index (χ0n) is 23.8. The number of fused-ring (bicyclic) bond motifs is 1. The van der Waals surface area contributed by atoms with Gasteiger partial charge in [0.1, 0.15) is 5.69 Å². The molecule has 12 heteroatoms. The highest BCUT2D eigenvalue weighted by molar-refractivity contribution is 7.92. The van der Waals surface area contributed by atoms with Crippen LogP contribution in [0.4, 0.5) is 11.4 Å². The molecule has 6 rings (SSSR count). The van der Waals surface area contributed by atoms with Gasteiger partial charge in [-0.1, -0.05) is 24.3 Å². The van der Waals surface area contributed by atoms with Crippen LogP contribution in [-0.4, -0.2) is 71.2 Å². The first-order chi connectivity index (χ1) is 21.2. The summed E-state index contributed by atoms with van der Waals surface area (Å²) in [5.74, 6) is -0.423. The molecular formula is C32H29N7O4S. The summed E-state index contributed by atoms with van der Waals surface area (Å²) in [5, 5.41) is 0.873. The van der Waals surface area contributed by atoms with Gasteiger partial charge in [0.15, 0.2) is 0 Å². The van der Waals surface area contributed by atoms with Crippen molar-refractivity contribution in [3.8, 4) is 11.1 Å². The second kappa shape index (κ2) is 11.7. The second-order valence-electron chi connectivity index (χ2n) is 10.4. The van der Waals surface area contributed by atoms with E-state index in [2.05, 4.69) is 19.7 Å². The van der Waals surface area contributed by atoms with Gasteiger partial charge in [0, 0.05) is 72.0 Å². The van der Waals surface area contributed by atoms with Crippen LogP contribution >= 0.6 is 0 Å². The zero-order valence-corrected chi connectivity index (χ0v) is 24.7. The van der Waals surface area contributed by atoms with Crippen molar-refractivity contribution in [2.45, 2.75) is 11.8 Å². The van der Waals surface area contributed by atoms with Gasteiger partial charge in [0.25, 0.3) is 21.8 Å². The molecule has 0 spiro atoms. The SMILES string of the molecule is Cc1cnc(C(=O)N2CCN(C(=O)c3ccc(NS(=O)(=O)c4ccc(N)cc4-c4cccc5cccnc45)cc3)CC2)cn1. The Bertz CT molecular complexity index is 1970. The standard InChI is InChI=1S/C32H29N7O4S/c1-21-19-36-28(20-35-21)32(41)39-16-14-38(15-17-39)31(40)23-7-10-25(11-8-23)37-44(42,43)29-12-9-24(33)18-27(29)26-6-2-4-22-5-3-13-34-30(22)26/h2-13,18-20,37H,14-17,33H2,1H3. The van der Waals surface area contributed by atoms with E-state index in [0.717, 1.165) is 11.1 Å². The molecule has 0 bridgehead atoms. The van der Waals surface area contributed by atoms with Gasteiger partial charge in [-0.2, -0.15) is 0 Å². The fourth-order valence-corrected chi connectivity index (χ4v) is 6.43. The third kappa shape index (κ3) is 5.79. The molecule has 3 heterocycles. The molecule has 1 aliphatic heterocycles. The Kier molecular flexibility index (Phi) is 7.66. The topological polar surface area (TPSA) is 151 Å². The molecule has 222 valence electrons. The Labute approximate surface area is 254 Å². The van der Waals surface area contributed by atoms with E-state index in [-0.39, 0.29) is 22.4 Å². The lowest BCUT2D eigenvalue weighted by atomic mass is 10.0. The van der Waals surface area contributed by atoms with Gasteiger partial charge in [0.2, 0.25) is 0 Å². The van der Waals surface area contributed by atoms with Gasteiger partial charge in [0.05, 0.1) is 22.3 Å². The molecule has 2 amide bonds. The summed E-state index contributed by atoms with van der Waals surface area (Å²) in [6, 6.07) is 20.2. The number of pyridine rings is 1. The molecule has 0 unspecified atom stereocenters. The molecule has 1 aliphatic rings. The van der Waals surface area contributed by atoms with Gasteiger partial charge < -0.3 is 15.5 Å². The summed E-state index contributed by atoms with van der Waals surface area (Å²) in [7, 11) is -4.05. The lowest BCUT2D eigenvalue weighted by Gasteiger charge is -2.34. The molecule has 0 saturated carbocycles. The molecule has 0 atom stereocenters. The minimum absolute atomic E-state index is 0.0500. The first kappa shape index (κ1) is 28.7. The number of aryl methyl sites for hydroxylation is 1. The van der Waals surface area contributed by atoms with Crippen LogP contribution in [0.25, 0.3) is 22.0 Å². The van der Waals surface area contributed by atoms with Crippen molar-refractivity contribution in [3.63, 3.8) is 0 Å². The van der Waals surface area contributed by atoms with Crippen molar-refractivity contribution in [1.82, 2.24) is 24.8 Å². The van der Waals surface area contributed by atoms with Crippen molar-refractivity contribution in [3.05, 3.63) is 108 Å². The number of rotatable bonds is 6. The van der Waals surface area contributed by atoms with Gasteiger partial charge in [-0.3, -0.25) is 24.3 Å². The van der Waals surface area contributed by atoms with Crippen LogP contribution in [0.1, 0.15) is 26.5 Å². The van der Waals surface area contributed by atoms with Crippen molar-refractivity contribution in [1.29, 1.82) is 0 Å². The van der Waals surface area contributed by atoms with Gasteiger partial charge in [-0.15, -0.1) is 0 Å². The molecule has 3 N–H and O–H groups in total. The predicted octanol–water partition coefficient (Wildman–Crippen LogP) is 3.98. The van der Waals surface area contributed by atoms with Crippen molar-refractivity contribution >= 4 is 44.1 Å². The maximum atomic E-state index is 13.6. The van der Waals surface area contributed by atoms with E-state index in [4.69, 9.17) is 5.73 Å². The number of hydrogen-bond acceptors (Lipinski definition) is 8. The van der Waals surface area contributed by atoms with Crippen LogP contribution in [-0.2, 0) is 10.0 Å². The number of anilines is 2. The molecule has 3 aromatic carbocycles. The van der Waals surface area contributed by atoms with E-state index in [9.17, 15) is 18.0 Å². The monoisotopic (exact) mass is 607 g/mol. The Morgan fingerprint density at radius 1 is 0.795 bits per heavy atom. The molecule has 5 aromatic rings. The molecule has 0 radical (unpaired) electrons. The number of nitrogens with two attached hydrogens (primary N) is 1. The molecule has 0 aliphatic carbocycles. The van der Waals surface area contributed by atoms with Crippen LogP contribution in [0, 0.1) is 6.92 Å². The summed E-state index contributed by atoms with van der Waals surface area (Å²) < 4.78 is 29.9. The number of para-hydroxylation sites is 1. The van der Waals surface area contributed by atoms with Gasteiger partial charge in [-0.25, -0.2) is 13.4 Å². The van der Waals surface area contributed by atoms with Crippen LogP contribution in [0.5, 0.6) is 0 Å². The van der Waals surface area contributed by atoms with Crippen molar-refractivity contribution in [2.24, 2.45) is 0 Å². The molecule has 11 nitrogen and oxygen atoms in total. The Morgan fingerprint density at radius 3 is 2.20 bits per heavy atom. The van der Waals surface area contributed by atoms with Crippen LogP contribution in [0.3, 0.4) is 0 Å². The van der Waals surface area contributed by atoms with E-state index in [1.165, 1.54) is 12.3 Å². The van der Waals surface area contributed by atoms with Gasteiger partial charge >= 0.3 is 0 Å². The van der Waals surface area contributed by atoms with Crippen molar-refractivity contribution < 1.29 is 18.0 Å². The Balaban J connectivity index is 1.16. The maximum absolute atomic E-state index is 13.6. The smallest absolute Gasteiger partial charge is 0.274 e. The van der Waals surface area contributed by atoms with E-state index in [0.29, 0.717) is 59.8 Å². The van der Waals surface area contributed by atoms with Crippen molar-refractivity contribution in [2.75, 3.05) is 36.6 Å². The molecular weight excluding hydrogens is 578 g/mol. The number of nitrogens with zero attached hydrogens (tertiary/aromatic N) is 5. The number of sulfonamides is 1. The molecule has 1 saturated heterocycles. The van der Waals surface area contributed by atoms with Crippen LogP contribution in [0.2, 0.25) is 0 Å². The summed E-state index contributed by atoms with van der Waals surface area (Å²) in [4.78, 5) is 42.1. The number of benzene rings is 3. The van der Waals surface area contributed by atoms with Crippen LogP contribution < -0.4 is 10.5 Å². The number of carbonyl (C=O) groups is 2. The highest BCUT2D eigenvalue weighted by atomic mass is 32.2. The quantitative estimate of drug-likeness (QED) is 0.275. The minimum Gasteiger partial charge on any atom is -0.399 e. The minimum atomic E-state index is -4.05. The highest BCUT2D eigenvalue weighted by Gasteiger charge is 2.27. The van der Waals surface area contributed by atoms with E-state index >= 15 is 0 Å². The van der Waals surface area contributed by atoms with Crippen LogP contribution in [0.15, 0.2) is 96.3 Å². The molecule has 2 aromatic heterocycles. The number of aromatic nitrogens is 3. The Hall–Kier alpha value is -5.36. The number of amides is 2. The second-order valence-corrected chi connectivity index (χ2v) is 12.1. The summed E-state index contributed by atoms with van der Waals surface area (Å²) >= 11 is 0. The highest BCUT2D eigenvalue weighted by Crippen LogP contribution is 2.34. The number of nitrogen functional groups attached to an aromatic ring is 1. The van der Waals surface area contributed by atoms with E-state index in [1.54, 1.807) is 65.5 Å². The molecule has 1 fully saturated rings. The number of hydrogen-bond donors (Lipinski definition) is 2. The molecule has 44 heavy (non-hydrogen) atoms. The summed E-state index contributed by atoms with van der Waals surface area (Å²) in [5.41, 5.74) is 9.93. The van der Waals surface area contributed by atoms with Gasteiger partial charge in [-0.05, 0) is 55.5 Å². The van der Waals surface area contributed by atoms with E-state index in [1.807, 2.05) is 30.3 Å². The lowest BCUT2D eigenvalue weighted by molar-refractivity contribution is 0.0532. The van der Waals surface area contributed by atoms with E-state index < -0.39 is 10.0 Å². The maximum Gasteiger partial charge on any atom is 0.274 e. The normalized spacial score (nSPS) is 13.6. The third-order valence-electron chi connectivity index (χ3n) is 7.45. The fourth-order valence-electron chi connectivity index (χ4n) is 5.17. The first-order valence-electron chi connectivity index (χ1n) is 13.9. The average Bonchev–Trinajstić information content (AvgIpc) is 3.04.